The maximum Gasteiger partial charge on any atom is 0.197 e. The lowest BCUT2D eigenvalue weighted by Crippen LogP contribution is -2.02. The fraction of sp³-hybridized carbons (Fsp3) is 0.538. The van der Waals surface area contributed by atoms with Gasteiger partial charge in [0.2, 0.25) is 0 Å². The number of hydrogen-bond donors (Lipinski definition) is 0. The van der Waals surface area contributed by atoms with Gasteiger partial charge >= 0.3 is 0 Å². The zero-order valence-corrected chi connectivity index (χ0v) is 13.1. The van der Waals surface area contributed by atoms with E-state index in [1.165, 1.54) is 43.8 Å². The van der Waals surface area contributed by atoms with Crippen LogP contribution in [-0.2, 0) is 0 Å². The van der Waals surface area contributed by atoms with Crippen LogP contribution in [0.1, 0.15) is 43.5 Å². The molecule has 0 spiro atoms. The summed E-state index contributed by atoms with van der Waals surface area (Å²) in [5, 5.41) is 10.6. The lowest BCUT2D eigenvalue weighted by atomic mass is 10.4. The third-order valence-corrected chi connectivity index (χ3v) is 4.88. The first-order valence-corrected chi connectivity index (χ1v) is 8.14. The van der Waals surface area contributed by atoms with Crippen LogP contribution in [0.15, 0.2) is 16.5 Å². The van der Waals surface area contributed by atoms with E-state index in [0.717, 1.165) is 11.0 Å². The molecule has 0 aromatic carbocycles. The van der Waals surface area contributed by atoms with Crippen molar-refractivity contribution in [1.82, 2.24) is 24.7 Å². The number of nitrogens with zero attached hydrogens (tertiary/aromatic N) is 5. The molecule has 2 fully saturated rings. The van der Waals surface area contributed by atoms with Gasteiger partial charge in [0.1, 0.15) is 12.2 Å². The van der Waals surface area contributed by atoms with E-state index >= 15 is 0 Å². The molecule has 0 atom stereocenters. The van der Waals surface area contributed by atoms with Gasteiger partial charge in [-0.15, -0.1) is 10.2 Å². The summed E-state index contributed by atoms with van der Waals surface area (Å²) in [6.45, 7) is 0. The normalized spacial score (nSPS) is 18.0. The average molecular weight is 324 g/mol. The smallest absolute Gasteiger partial charge is 0.197 e. The van der Waals surface area contributed by atoms with Crippen molar-refractivity contribution in [3.05, 3.63) is 17.3 Å². The highest BCUT2D eigenvalue weighted by Crippen LogP contribution is 2.47. The van der Waals surface area contributed by atoms with Crippen molar-refractivity contribution < 1.29 is 4.74 Å². The molecule has 0 unspecified atom stereocenters. The van der Waals surface area contributed by atoms with Crippen molar-refractivity contribution in [3.63, 3.8) is 0 Å². The zero-order chi connectivity index (χ0) is 14.4. The van der Waals surface area contributed by atoms with Gasteiger partial charge < -0.3 is 9.30 Å². The standard InChI is InChI=1S/C13H14ClN5OS/c1-20-9-10(14)15-6-16-12(9)21-13-18-17-11(7-2-3-7)19(13)8-4-5-8/h6-8H,2-5H2,1H3. The second kappa shape index (κ2) is 5.14. The Labute approximate surface area is 131 Å². The van der Waals surface area contributed by atoms with Gasteiger partial charge in [-0.1, -0.05) is 11.6 Å². The molecule has 0 N–H and O–H groups in total. The lowest BCUT2D eigenvalue weighted by Gasteiger charge is -2.09. The van der Waals surface area contributed by atoms with E-state index in [0.29, 0.717) is 27.9 Å². The quantitative estimate of drug-likeness (QED) is 0.788. The van der Waals surface area contributed by atoms with E-state index in [1.54, 1.807) is 7.11 Å². The van der Waals surface area contributed by atoms with Gasteiger partial charge in [-0.2, -0.15) is 0 Å². The average Bonchev–Trinajstić information content (AvgIpc) is 3.39. The fourth-order valence-electron chi connectivity index (χ4n) is 2.32. The van der Waals surface area contributed by atoms with Crippen LogP contribution in [0.5, 0.6) is 5.75 Å². The summed E-state index contributed by atoms with van der Waals surface area (Å²) in [5.41, 5.74) is 0. The number of halogens is 1. The highest BCUT2D eigenvalue weighted by atomic mass is 35.5. The Bertz CT molecular complexity index is 683. The van der Waals surface area contributed by atoms with Gasteiger partial charge in [-0.25, -0.2) is 9.97 Å². The van der Waals surface area contributed by atoms with Gasteiger partial charge in [0.25, 0.3) is 0 Å². The molecule has 0 amide bonds. The van der Waals surface area contributed by atoms with Crippen molar-refractivity contribution >= 4 is 23.4 Å². The van der Waals surface area contributed by atoms with Crippen LogP contribution in [0, 0.1) is 0 Å². The third-order valence-electron chi connectivity index (χ3n) is 3.67. The molecule has 0 saturated heterocycles. The maximum absolute atomic E-state index is 6.04. The van der Waals surface area contributed by atoms with Crippen LogP contribution in [0.4, 0.5) is 0 Å². The van der Waals surface area contributed by atoms with Gasteiger partial charge in [0.15, 0.2) is 21.1 Å². The van der Waals surface area contributed by atoms with E-state index in [9.17, 15) is 0 Å². The Morgan fingerprint density at radius 3 is 2.71 bits per heavy atom. The molecule has 2 heterocycles. The predicted octanol–water partition coefficient (Wildman–Crippen LogP) is 3.09. The van der Waals surface area contributed by atoms with Crippen molar-refractivity contribution in [2.24, 2.45) is 0 Å². The fourth-order valence-corrected chi connectivity index (χ4v) is 3.56. The first-order valence-electron chi connectivity index (χ1n) is 6.95. The Morgan fingerprint density at radius 2 is 2.05 bits per heavy atom. The molecular formula is C13H14ClN5OS. The summed E-state index contributed by atoms with van der Waals surface area (Å²) in [6.07, 6.45) is 6.28. The summed E-state index contributed by atoms with van der Waals surface area (Å²) in [7, 11) is 1.57. The van der Waals surface area contributed by atoms with Crippen LogP contribution >= 0.6 is 23.4 Å². The van der Waals surface area contributed by atoms with Gasteiger partial charge in [-0.05, 0) is 37.4 Å². The molecule has 2 saturated carbocycles. The minimum Gasteiger partial charge on any atom is -0.491 e. The molecule has 2 aromatic heterocycles. The molecule has 0 radical (unpaired) electrons. The van der Waals surface area contributed by atoms with Crippen LogP contribution in [0.3, 0.4) is 0 Å². The Hall–Kier alpha value is -1.34. The highest BCUT2D eigenvalue weighted by molar-refractivity contribution is 7.99. The molecule has 6 nitrogen and oxygen atoms in total. The molecule has 2 aliphatic carbocycles. The van der Waals surface area contributed by atoms with E-state index in [4.69, 9.17) is 16.3 Å². The van der Waals surface area contributed by atoms with E-state index in [2.05, 4.69) is 24.7 Å². The summed E-state index contributed by atoms with van der Waals surface area (Å²) in [6, 6.07) is 0.543. The van der Waals surface area contributed by atoms with Crippen LogP contribution in [0.2, 0.25) is 5.15 Å². The van der Waals surface area contributed by atoms with Crippen LogP contribution < -0.4 is 4.74 Å². The highest BCUT2D eigenvalue weighted by Gasteiger charge is 2.36. The number of hydrogen-bond acceptors (Lipinski definition) is 6. The van der Waals surface area contributed by atoms with Crippen molar-refractivity contribution in [2.75, 3.05) is 7.11 Å². The molecule has 4 rings (SSSR count). The minimum absolute atomic E-state index is 0.315. The first kappa shape index (κ1) is 13.3. The molecule has 2 aromatic rings. The number of rotatable bonds is 5. The number of aromatic nitrogens is 5. The summed E-state index contributed by atoms with van der Waals surface area (Å²) >= 11 is 7.49. The predicted molar refractivity (Wildman–Crippen MR) is 78.0 cm³/mol. The Balaban J connectivity index is 1.70. The Morgan fingerprint density at radius 1 is 1.24 bits per heavy atom. The molecule has 8 heteroatoms. The third kappa shape index (κ3) is 2.48. The van der Waals surface area contributed by atoms with E-state index < -0.39 is 0 Å². The molecule has 110 valence electrons. The molecule has 21 heavy (non-hydrogen) atoms. The molecule has 0 aliphatic heterocycles. The second-order valence-corrected chi connectivity index (χ2v) is 6.64. The minimum atomic E-state index is 0.315. The van der Waals surface area contributed by atoms with Crippen molar-refractivity contribution in [1.29, 1.82) is 0 Å². The van der Waals surface area contributed by atoms with Gasteiger partial charge in [-0.3, -0.25) is 0 Å². The Kier molecular flexibility index (Phi) is 3.26. The maximum atomic E-state index is 6.04. The number of ether oxygens (including phenoxy) is 1. The topological polar surface area (TPSA) is 65.7 Å². The van der Waals surface area contributed by atoms with Gasteiger partial charge in [0.05, 0.1) is 7.11 Å². The first-order chi connectivity index (χ1) is 10.3. The summed E-state index contributed by atoms with van der Waals surface area (Å²) < 4.78 is 7.57. The number of methoxy groups -OCH3 is 1. The molecular weight excluding hydrogens is 310 g/mol. The van der Waals surface area contributed by atoms with Gasteiger partial charge in [0, 0.05) is 12.0 Å². The molecule has 2 aliphatic rings. The SMILES string of the molecule is COc1c(Cl)ncnc1Sc1nnc(C2CC2)n1C1CC1. The molecule has 0 bridgehead atoms. The summed E-state index contributed by atoms with van der Waals surface area (Å²) in [5.74, 6) is 2.20. The van der Waals surface area contributed by atoms with Crippen molar-refractivity contribution in [2.45, 2.75) is 47.8 Å². The van der Waals surface area contributed by atoms with Crippen LogP contribution in [0.25, 0.3) is 0 Å². The van der Waals surface area contributed by atoms with Crippen molar-refractivity contribution in [3.8, 4) is 5.75 Å². The largest absolute Gasteiger partial charge is 0.491 e. The zero-order valence-electron chi connectivity index (χ0n) is 11.5. The summed E-state index contributed by atoms with van der Waals surface area (Å²) in [4.78, 5) is 8.20. The second-order valence-electron chi connectivity index (χ2n) is 5.32. The lowest BCUT2D eigenvalue weighted by molar-refractivity contribution is 0.398. The van der Waals surface area contributed by atoms with Crippen LogP contribution in [-0.4, -0.2) is 31.8 Å². The van der Waals surface area contributed by atoms with E-state index in [-0.39, 0.29) is 0 Å². The monoisotopic (exact) mass is 323 g/mol. The van der Waals surface area contributed by atoms with E-state index in [1.807, 2.05) is 0 Å².